The lowest BCUT2D eigenvalue weighted by Crippen LogP contribution is -2.54. The maximum absolute atomic E-state index is 13.4. The van der Waals surface area contributed by atoms with E-state index >= 15 is 0 Å². The molecule has 2 heterocycles. The molecule has 2 aliphatic rings. The zero-order chi connectivity index (χ0) is 25.7. The molecule has 0 radical (unpaired) electrons. The molecule has 36 heavy (non-hydrogen) atoms. The van der Waals surface area contributed by atoms with Crippen LogP contribution in [-0.2, 0) is 9.53 Å². The number of hydrogen-bond acceptors (Lipinski definition) is 6. The molecule has 0 spiro atoms. The van der Waals surface area contributed by atoms with Crippen molar-refractivity contribution >= 4 is 23.4 Å². The van der Waals surface area contributed by atoms with Crippen LogP contribution in [0.2, 0.25) is 0 Å². The summed E-state index contributed by atoms with van der Waals surface area (Å²) in [6.45, 7) is 2.92. The Bertz CT molecular complexity index is 1100. The van der Waals surface area contributed by atoms with E-state index in [1.165, 1.54) is 0 Å². The minimum Gasteiger partial charge on any atom is -0.497 e. The predicted molar refractivity (Wildman–Crippen MR) is 135 cm³/mol. The van der Waals surface area contributed by atoms with Crippen LogP contribution < -0.4 is 20.1 Å². The number of nitrogens with zero attached hydrogens (tertiary/aromatic N) is 1. The maximum atomic E-state index is 13.4. The first kappa shape index (κ1) is 25.5. The van der Waals surface area contributed by atoms with Crippen LogP contribution in [0.4, 0.5) is 5.69 Å². The van der Waals surface area contributed by atoms with Crippen LogP contribution in [0.5, 0.6) is 11.5 Å². The molecule has 192 valence electrons. The average molecular weight is 496 g/mol. The van der Waals surface area contributed by atoms with Gasteiger partial charge in [0, 0.05) is 24.8 Å². The van der Waals surface area contributed by atoms with Crippen LogP contribution in [0.15, 0.2) is 42.5 Å². The monoisotopic (exact) mass is 495 g/mol. The molecule has 2 aromatic rings. The van der Waals surface area contributed by atoms with Crippen LogP contribution in [0.3, 0.4) is 0 Å². The summed E-state index contributed by atoms with van der Waals surface area (Å²) in [6.07, 6.45) is 2.04. The lowest BCUT2D eigenvalue weighted by atomic mass is 9.94. The van der Waals surface area contributed by atoms with Gasteiger partial charge >= 0.3 is 0 Å². The first-order valence-electron chi connectivity index (χ1n) is 12.3. The third-order valence-electron chi connectivity index (χ3n) is 6.61. The number of benzene rings is 2. The molecule has 2 N–H and O–H groups in total. The number of fused-ring (bicyclic) bond motifs is 2. The number of anilines is 1. The van der Waals surface area contributed by atoms with Crippen LogP contribution in [-0.4, -0.2) is 68.2 Å². The SMILES string of the molecule is CCCNC(=O)C[C@H]1CC[C@H]2[C@H](COc3ccc(NC(=O)c4ccc(OC)cc4)cc3C(=O)N2C)O1. The Morgan fingerprint density at radius 1 is 1.14 bits per heavy atom. The lowest BCUT2D eigenvalue weighted by Gasteiger charge is -2.42. The highest BCUT2D eigenvalue weighted by atomic mass is 16.5. The molecule has 3 atom stereocenters. The number of hydrogen-bond donors (Lipinski definition) is 2. The van der Waals surface area contributed by atoms with Crippen molar-refractivity contribution in [3.05, 3.63) is 53.6 Å². The van der Waals surface area contributed by atoms with Crippen molar-refractivity contribution in [1.82, 2.24) is 10.2 Å². The molecular formula is C27H33N3O6. The van der Waals surface area contributed by atoms with Gasteiger partial charge in [-0.05, 0) is 61.7 Å². The number of ether oxygens (including phenoxy) is 3. The molecule has 1 fully saturated rings. The Morgan fingerprint density at radius 3 is 2.64 bits per heavy atom. The number of carbonyl (C=O) groups excluding carboxylic acids is 3. The van der Waals surface area contributed by atoms with E-state index in [9.17, 15) is 14.4 Å². The van der Waals surface area contributed by atoms with Crippen molar-refractivity contribution in [2.45, 2.75) is 50.9 Å². The van der Waals surface area contributed by atoms with Crippen LogP contribution >= 0.6 is 0 Å². The van der Waals surface area contributed by atoms with Crippen molar-refractivity contribution < 1.29 is 28.6 Å². The molecule has 2 aliphatic heterocycles. The highest BCUT2D eigenvalue weighted by Gasteiger charge is 2.39. The third kappa shape index (κ3) is 5.79. The second-order valence-corrected chi connectivity index (χ2v) is 9.12. The highest BCUT2D eigenvalue weighted by molar-refractivity contribution is 6.05. The molecule has 9 nitrogen and oxygen atoms in total. The number of likely N-dealkylation sites (N-methyl/N-ethyl adjacent to an activating group) is 1. The smallest absolute Gasteiger partial charge is 0.257 e. The van der Waals surface area contributed by atoms with E-state index in [1.54, 1.807) is 61.5 Å². The molecule has 4 rings (SSSR count). The minimum atomic E-state index is -0.334. The Labute approximate surface area is 211 Å². The van der Waals surface area contributed by atoms with Crippen LogP contribution in [0.25, 0.3) is 0 Å². The van der Waals surface area contributed by atoms with Gasteiger partial charge in [0.2, 0.25) is 5.91 Å². The first-order chi connectivity index (χ1) is 17.4. The second-order valence-electron chi connectivity index (χ2n) is 9.12. The largest absolute Gasteiger partial charge is 0.497 e. The normalized spacial score (nSPS) is 21.2. The van der Waals surface area contributed by atoms with Crippen molar-refractivity contribution in [2.75, 3.05) is 32.6 Å². The van der Waals surface area contributed by atoms with Gasteiger partial charge in [-0.3, -0.25) is 14.4 Å². The molecule has 0 saturated carbocycles. The van der Waals surface area contributed by atoms with Gasteiger partial charge in [0.15, 0.2) is 0 Å². The summed E-state index contributed by atoms with van der Waals surface area (Å²) < 4.78 is 17.3. The van der Waals surface area contributed by atoms with Crippen molar-refractivity contribution in [3.63, 3.8) is 0 Å². The number of rotatable bonds is 7. The van der Waals surface area contributed by atoms with E-state index < -0.39 is 0 Å². The van der Waals surface area contributed by atoms with Crippen LogP contribution in [0, 0.1) is 0 Å². The van der Waals surface area contributed by atoms with E-state index in [0.717, 1.165) is 6.42 Å². The standard InChI is InChI=1S/C27H33N3O6/c1-4-13-28-25(31)15-20-10-11-22-24(36-20)16-35-23-12-7-18(14-21(23)27(33)30(22)2)29-26(32)17-5-8-19(34-3)9-6-17/h5-9,12,14,20,22,24H,4,10-11,13,15-16H2,1-3H3,(H,28,31)(H,29,32)/t20-,22+,24+/m1/s1. The van der Waals surface area contributed by atoms with E-state index in [0.29, 0.717) is 54.1 Å². The average Bonchev–Trinajstić information content (AvgIpc) is 2.89. The molecule has 9 heteroatoms. The number of methoxy groups -OCH3 is 1. The van der Waals surface area contributed by atoms with Gasteiger partial charge in [0.05, 0.1) is 31.2 Å². The van der Waals surface area contributed by atoms with E-state index in [2.05, 4.69) is 10.6 Å². The van der Waals surface area contributed by atoms with E-state index in [-0.39, 0.29) is 42.6 Å². The zero-order valence-electron chi connectivity index (χ0n) is 20.9. The lowest BCUT2D eigenvalue weighted by molar-refractivity contribution is -0.134. The van der Waals surface area contributed by atoms with Gasteiger partial charge in [-0.15, -0.1) is 0 Å². The first-order valence-corrected chi connectivity index (χ1v) is 12.3. The van der Waals surface area contributed by atoms with Crippen molar-refractivity contribution in [1.29, 1.82) is 0 Å². The van der Waals surface area contributed by atoms with Crippen LogP contribution in [0.1, 0.15) is 53.3 Å². The Morgan fingerprint density at radius 2 is 1.92 bits per heavy atom. The van der Waals surface area contributed by atoms with E-state index in [1.807, 2.05) is 6.92 Å². The third-order valence-corrected chi connectivity index (χ3v) is 6.61. The van der Waals surface area contributed by atoms with Gasteiger partial charge in [-0.1, -0.05) is 6.92 Å². The number of nitrogens with one attached hydrogen (secondary N) is 2. The Hall–Kier alpha value is -3.59. The van der Waals surface area contributed by atoms with Crippen molar-refractivity contribution in [2.24, 2.45) is 0 Å². The summed E-state index contributed by atoms with van der Waals surface area (Å²) in [4.78, 5) is 39.9. The molecule has 1 saturated heterocycles. The summed E-state index contributed by atoms with van der Waals surface area (Å²) in [5.74, 6) is 0.572. The minimum absolute atomic E-state index is 0.0222. The fourth-order valence-electron chi connectivity index (χ4n) is 4.59. The molecule has 0 aromatic heterocycles. The number of amides is 3. The Kier molecular flexibility index (Phi) is 8.10. The highest BCUT2D eigenvalue weighted by Crippen LogP contribution is 2.32. The fourth-order valence-corrected chi connectivity index (χ4v) is 4.59. The zero-order valence-corrected chi connectivity index (χ0v) is 20.9. The number of carbonyl (C=O) groups is 3. The summed E-state index contributed by atoms with van der Waals surface area (Å²) in [6, 6.07) is 11.6. The Balaban J connectivity index is 1.45. The molecular weight excluding hydrogens is 462 g/mol. The van der Waals surface area contributed by atoms with Gasteiger partial charge in [-0.25, -0.2) is 0 Å². The quantitative estimate of drug-likeness (QED) is 0.611. The summed E-state index contributed by atoms with van der Waals surface area (Å²) >= 11 is 0. The molecule has 0 aliphatic carbocycles. The van der Waals surface area contributed by atoms with Gasteiger partial charge < -0.3 is 29.7 Å². The maximum Gasteiger partial charge on any atom is 0.257 e. The summed E-state index contributed by atoms with van der Waals surface area (Å²) in [5.41, 5.74) is 1.35. The van der Waals surface area contributed by atoms with Gasteiger partial charge in [0.1, 0.15) is 24.2 Å². The van der Waals surface area contributed by atoms with E-state index in [4.69, 9.17) is 14.2 Å². The summed E-state index contributed by atoms with van der Waals surface area (Å²) in [5, 5.41) is 5.73. The topological polar surface area (TPSA) is 106 Å². The van der Waals surface area contributed by atoms with Gasteiger partial charge in [0.25, 0.3) is 11.8 Å². The molecule has 0 unspecified atom stereocenters. The summed E-state index contributed by atoms with van der Waals surface area (Å²) in [7, 11) is 3.32. The predicted octanol–water partition coefficient (Wildman–Crippen LogP) is 3.24. The molecule has 0 bridgehead atoms. The molecule has 2 aromatic carbocycles. The van der Waals surface area contributed by atoms with Crippen molar-refractivity contribution in [3.8, 4) is 11.5 Å². The fraction of sp³-hybridized carbons (Fsp3) is 0.444. The second kappa shape index (κ2) is 11.4. The molecule has 3 amide bonds. The van der Waals surface area contributed by atoms with Gasteiger partial charge in [-0.2, -0.15) is 0 Å².